The Hall–Kier alpha value is -7.14. The summed E-state index contributed by atoms with van der Waals surface area (Å²) in [6.07, 6.45) is 10.5. The van der Waals surface area contributed by atoms with Crippen LogP contribution in [-0.4, -0.2) is 124 Å². The molecule has 0 bridgehead atoms. The van der Waals surface area contributed by atoms with Crippen LogP contribution in [0.3, 0.4) is 0 Å². The molecule has 1 atom stereocenters. The molecule has 0 radical (unpaired) electrons. The van der Waals surface area contributed by atoms with Gasteiger partial charge in [-0.2, -0.15) is 4.98 Å². The Bertz CT molecular complexity index is 3480. The zero-order valence-electron chi connectivity index (χ0n) is 47.4. The lowest BCUT2D eigenvalue weighted by molar-refractivity contribution is -0.384. The standard InChI is InChI=1S/C60H73FN10O10S/c1-7-78-56-51(28-46-47(61)33-65-53(46)66-56)80-50-26-40(12-13-45(50)55(72)67-82(76,77)42-27-48(71(74)75)54(64-32-42)63-31-38-14-17-59(6,73)18-15-38)69-22-19-60(20-23-69)29-41(30-60)70-25-24-68(35-49(70)44-11-9-8-10-43(44)37(2)3)34-39-16-21-62-57-52(39)79-36-58(4,5)81-57/h8-13,16,21,26-28,32-33,37-38,41,49,73H,7,14-15,17-20,22-25,29-31,34-36H2,1-6H3,(H,63,64)(H,65,66)(H,67,72)/t38?,49-,59?/m0/s1. The van der Waals surface area contributed by atoms with E-state index in [9.17, 15) is 28.4 Å². The zero-order valence-corrected chi connectivity index (χ0v) is 48.2. The Morgan fingerprint density at radius 2 is 1.77 bits per heavy atom. The molecule has 7 heterocycles. The van der Waals surface area contributed by atoms with Gasteiger partial charge in [0.1, 0.15) is 34.3 Å². The number of pyridine rings is 3. The maximum Gasteiger partial charge on any atom is 0.312 e. The summed E-state index contributed by atoms with van der Waals surface area (Å²) in [5.41, 5.74) is 2.91. The van der Waals surface area contributed by atoms with Gasteiger partial charge in [0.25, 0.3) is 27.7 Å². The number of carbonyl (C=O) groups excluding carboxylic acids is 1. The van der Waals surface area contributed by atoms with Crippen LogP contribution in [0.4, 0.5) is 21.6 Å². The van der Waals surface area contributed by atoms with Gasteiger partial charge in [-0.15, -0.1) is 0 Å². The number of nitro groups is 1. The Morgan fingerprint density at radius 3 is 2.51 bits per heavy atom. The minimum Gasteiger partial charge on any atom is -0.483 e. The average Bonchev–Trinajstić information content (AvgIpc) is 2.61. The summed E-state index contributed by atoms with van der Waals surface area (Å²) in [5.74, 6) is -0.0856. The van der Waals surface area contributed by atoms with Crippen LogP contribution in [0.25, 0.3) is 11.0 Å². The van der Waals surface area contributed by atoms with Gasteiger partial charge in [0.2, 0.25) is 5.82 Å². The number of halogens is 1. The lowest BCUT2D eigenvalue weighted by atomic mass is 9.59. The van der Waals surface area contributed by atoms with E-state index in [1.807, 2.05) is 26.1 Å². The Balaban J connectivity index is 0.807. The number of hydrogen-bond donors (Lipinski definition) is 4. The first kappa shape index (κ1) is 56.7. The number of ether oxygens (including phenoxy) is 4. The first-order valence-electron chi connectivity index (χ1n) is 28.6. The molecule has 2 aromatic carbocycles. The number of benzene rings is 2. The SMILES string of the molecule is CCOc1nc2[nH]cc(F)c2cc1Oc1cc(N2CCC3(CC2)CC(N2CCN(Cc4ccnc5c4OCC(C)(C)O5)C[C@H]2c2ccccc2C(C)C)C3)ccc1C(=O)NS(=O)(=O)c1cnc(NCC2CCC(C)(O)CC2)c([N+](=O)[O-])c1. The van der Waals surface area contributed by atoms with Crippen molar-refractivity contribution in [3.63, 3.8) is 0 Å². The maximum atomic E-state index is 15.0. The van der Waals surface area contributed by atoms with E-state index in [0.717, 1.165) is 87.3 Å². The molecule has 82 heavy (non-hydrogen) atoms. The van der Waals surface area contributed by atoms with Crippen LogP contribution >= 0.6 is 0 Å². The summed E-state index contributed by atoms with van der Waals surface area (Å²) >= 11 is 0. The van der Waals surface area contributed by atoms with Crippen LogP contribution in [0.5, 0.6) is 29.0 Å². The lowest BCUT2D eigenvalue weighted by Crippen LogP contribution is -2.60. The molecule has 436 valence electrons. The second-order valence-corrected chi connectivity index (χ2v) is 25.9. The number of aliphatic hydroxyl groups is 1. The number of nitrogens with zero attached hydrogens (tertiary/aromatic N) is 7. The first-order valence-corrected chi connectivity index (χ1v) is 30.1. The zero-order chi connectivity index (χ0) is 57.7. The van der Waals surface area contributed by atoms with Crippen LogP contribution < -0.4 is 33.9 Å². The molecular formula is C60H73FN10O10S. The Labute approximate surface area is 477 Å². The third-order valence-corrected chi connectivity index (χ3v) is 18.6. The topological polar surface area (TPSA) is 240 Å². The predicted molar refractivity (Wildman–Crippen MR) is 307 cm³/mol. The average molecular weight is 1150 g/mol. The fourth-order valence-electron chi connectivity index (χ4n) is 12.7. The highest BCUT2D eigenvalue weighted by Crippen LogP contribution is 2.54. The Morgan fingerprint density at radius 1 is 1.00 bits per heavy atom. The molecule has 20 nitrogen and oxygen atoms in total. The highest BCUT2D eigenvalue weighted by Gasteiger charge is 2.50. The fourth-order valence-corrected chi connectivity index (χ4v) is 13.6. The highest BCUT2D eigenvalue weighted by atomic mass is 32.2. The third-order valence-electron chi connectivity index (χ3n) is 17.3. The van der Waals surface area contributed by atoms with E-state index < -0.39 is 48.5 Å². The highest BCUT2D eigenvalue weighted by molar-refractivity contribution is 7.90. The van der Waals surface area contributed by atoms with Crippen molar-refractivity contribution in [1.29, 1.82) is 0 Å². The van der Waals surface area contributed by atoms with E-state index in [4.69, 9.17) is 18.9 Å². The van der Waals surface area contributed by atoms with Crippen molar-refractivity contribution in [1.82, 2.24) is 34.5 Å². The van der Waals surface area contributed by atoms with Crippen molar-refractivity contribution in [2.45, 2.75) is 134 Å². The Kier molecular flexibility index (Phi) is 15.6. The summed E-state index contributed by atoms with van der Waals surface area (Å²) in [4.78, 5) is 48.6. The lowest BCUT2D eigenvalue weighted by Gasteiger charge is -2.58. The molecular weight excluding hydrogens is 1070 g/mol. The summed E-state index contributed by atoms with van der Waals surface area (Å²) < 4.78 is 69.8. The summed E-state index contributed by atoms with van der Waals surface area (Å²) in [6, 6.07) is 18.7. The van der Waals surface area contributed by atoms with Gasteiger partial charge in [-0.25, -0.2) is 27.5 Å². The van der Waals surface area contributed by atoms with Crippen molar-refractivity contribution in [3.8, 4) is 29.0 Å². The molecule has 4 N–H and O–H groups in total. The molecule has 2 saturated heterocycles. The molecule has 2 aliphatic carbocycles. The largest absolute Gasteiger partial charge is 0.483 e. The van der Waals surface area contributed by atoms with Crippen LogP contribution in [0.1, 0.15) is 132 Å². The second kappa shape index (κ2) is 22.6. The molecule has 6 aromatic rings. The molecule has 11 rings (SSSR count). The van der Waals surface area contributed by atoms with Crippen LogP contribution in [-0.2, 0) is 16.6 Å². The molecule has 2 saturated carbocycles. The number of piperidine rings is 1. The smallest absolute Gasteiger partial charge is 0.312 e. The van der Waals surface area contributed by atoms with Crippen LogP contribution in [0, 0.1) is 27.3 Å². The number of nitrogens with one attached hydrogen (secondary N) is 3. The normalized spacial score (nSPS) is 22.0. The number of anilines is 2. The van der Waals surface area contributed by atoms with Gasteiger partial charge in [0, 0.05) is 99.7 Å². The maximum absolute atomic E-state index is 15.0. The van der Waals surface area contributed by atoms with Gasteiger partial charge in [-0.1, -0.05) is 38.1 Å². The van der Waals surface area contributed by atoms with E-state index in [1.165, 1.54) is 23.3 Å². The van der Waals surface area contributed by atoms with E-state index in [1.54, 1.807) is 26.0 Å². The van der Waals surface area contributed by atoms with Crippen molar-refractivity contribution in [2.75, 3.05) is 62.7 Å². The number of fused-ring (bicyclic) bond motifs is 2. The number of sulfonamides is 1. The third kappa shape index (κ3) is 11.9. The van der Waals surface area contributed by atoms with E-state index in [2.05, 4.69) is 82.8 Å². The van der Waals surface area contributed by atoms with Crippen molar-refractivity contribution in [2.24, 2.45) is 11.3 Å². The van der Waals surface area contributed by atoms with E-state index in [0.29, 0.717) is 69.8 Å². The van der Waals surface area contributed by atoms with Crippen LogP contribution in [0.2, 0.25) is 0 Å². The number of aromatic amines is 1. The predicted octanol–water partition coefficient (Wildman–Crippen LogP) is 10.0. The minimum atomic E-state index is -4.76. The van der Waals surface area contributed by atoms with Crippen molar-refractivity contribution in [3.05, 3.63) is 117 Å². The molecule has 5 aliphatic rings. The number of piperazine rings is 1. The van der Waals surface area contributed by atoms with E-state index >= 15 is 4.39 Å². The molecule has 4 aromatic heterocycles. The number of hydrogen-bond acceptors (Lipinski definition) is 17. The van der Waals surface area contributed by atoms with Gasteiger partial charge in [-0.05, 0) is 126 Å². The van der Waals surface area contributed by atoms with Crippen molar-refractivity contribution < 1.29 is 46.6 Å². The summed E-state index contributed by atoms with van der Waals surface area (Å²) in [5, 5.41) is 25.8. The molecule has 22 heteroatoms. The number of aromatic nitrogens is 4. The number of H-pyrrole nitrogens is 1. The molecule has 4 fully saturated rings. The summed E-state index contributed by atoms with van der Waals surface area (Å²) in [7, 11) is -4.76. The van der Waals surface area contributed by atoms with Crippen molar-refractivity contribution >= 4 is 44.2 Å². The van der Waals surface area contributed by atoms with Gasteiger partial charge in [-0.3, -0.25) is 24.7 Å². The van der Waals surface area contributed by atoms with Crippen LogP contribution in [0.15, 0.2) is 84.1 Å². The number of rotatable bonds is 17. The number of carbonyl (C=O) groups is 1. The molecule has 0 unspecified atom stereocenters. The summed E-state index contributed by atoms with van der Waals surface area (Å²) in [6.45, 7) is 17.9. The van der Waals surface area contributed by atoms with Gasteiger partial charge >= 0.3 is 5.69 Å². The first-order chi connectivity index (χ1) is 39.2. The monoisotopic (exact) mass is 1140 g/mol. The fraction of sp³-hybridized carbons (Fsp3) is 0.500. The molecule has 1 spiro atoms. The quantitative estimate of drug-likeness (QED) is 0.0490. The minimum absolute atomic E-state index is 0.0132. The van der Waals surface area contributed by atoms with E-state index in [-0.39, 0.29) is 63.8 Å². The molecule has 1 amide bonds. The second-order valence-electron chi connectivity index (χ2n) is 24.2. The van der Waals surface area contributed by atoms with Gasteiger partial charge in [0.05, 0.1) is 34.3 Å². The molecule has 3 aliphatic heterocycles. The van der Waals surface area contributed by atoms with Gasteiger partial charge < -0.3 is 39.3 Å². The van der Waals surface area contributed by atoms with Gasteiger partial charge in [0.15, 0.2) is 11.5 Å². The number of amides is 1.